The maximum absolute atomic E-state index is 5.30. The monoisotopic (exact) mass is 233 g/mol. The molecule has 0 aliphatic heterocycles. The number of methoxy groups -OCH3 is 1. The van der Waals surface area contributed by atoms with E-state index in [4.69, 9.17) is 4.74 Å². The van der Waals surface area contributed by atoms with Crippen LogP contribution in [0.2, 0.25) is 0 Å². The second kappa shape index (κ2) is 6.06. The van der Waals surface area contributed by atoms with Crippen LogP contribution in [0.25, 0.3) is 0 Å². The van der Waals surface area contributed by atoms with Crippen molar-refractivity contribution in [3.05, 3.63) is 29.3 Å². The zero-order chi connectivity index (χ0) is 12.1. The van der Waals surface area contributed by atoms with E-state index in [0.717, 1.165) is 24.8 Å². The van der Waals surface area contributed by atoms with Crippen molar-refractivity contribution in [3.8, 4) is 5.75 Å². The van der Waals surface area contributed by atoms with Gasteiger partial charge in [0.15, 0.2) is 0 Å². The number of benzene rings is 1. The fourth-order valence-corrected chi connectivity index (χ4v) is 2.59. The van der Waals surface area contributed by atoms with E-state index in [1.807, 2.05) is 0 Å². The molecule has 1 N–H and O–H groups in total. The molecule has 17 heavy (non-hydrogen) atoms. The van der Waals surface area contributed by atoms with Crippen molar-refractivity contribution in [1.29, 1.82) is 0 Å². The van der Waals surface area contributed by atoms with E-state index in [0.29, 0.717) is 0 Å². The molecule has 2 rings (SSSR count). The Morgan fingerprint density at radius 2 is 2.24 bits per heavy atom. The highest BCUT2D eigenvalue weighted by atomic mass is 16.5. The molecule has 0 saturated heterocycles. The quantitative estimate of drug-likeness (QED) is 0.790. The number of fused-ring (bicyclic) bond motifs is 1. The van der Waals surface area contributed by atoms with E-state index in [1.165, 1.54) is 36.8 Å². The Kier molecular flexibility index (Phi) is 4.43. The summed E-state index contributed by atoms with van der Waals surface area (Å²) in [5.74, 6) is 1.78. The molecule has 0 aromatic heterocycles. The maximum atomic E-state index is 5.30. The highest BCUT2D eigenvalue weighted by Gasteiger charge is 2.18. The largest absolute Gasteiger partial charge is 0.497 e. The predicted molar refractivity (Wildman–Crippen MR) is 71.7 cm³/mol. The summed E-state index contributed by atoms with van der Waals surface area (Å²) in [4.78, 5) is 0. The van der Waals surface area contributed by atoms with Crippen LogP contribution in [-0.4, -0.2) is 20.2 Å². The van der Waals surface area contributed by atoms with Crippen LogP contribution in [0.1, 0.15) is 30.9 Å². The Balaban J connectivity index is 1.96. The highest BCUT2D eigenvalue weighted by Crippen LogP contribution is 2.28. The fourth-order valence-electron chi connectivity index (χ4n) is 2.59. The van der Waals surface area contributed by atoms with Crippen molar-refractivity contribution in [2.45, 2.75) is 32.6 Å². The number of aryl methyl sites for hydroxylation is 1. The molecule has 0 amide bonds. The molecule has 0 heterocycles. The average molecular weight is 233 g/mol. The number of nitrogens with one attached hydrogen (secondary N) is 1. The minimum absolute atomic E-state index is 0.793. The summed E-state index contributed by atoms with van der Waals surface area (Å²) in [6.07, 6.45) is 4.95. The summed E-state index contributed by atoms with van der Waals surface area (Å²) in [5, 5.41) is 3.53. The van der Waals surface area contributed by atoms with Crippen molar-refractivity contribution < 1.29 is 4.74 Å². The molecule has 0 radical (unpaired) electrons. The molecule has 1 atom stereocenters. The van der Waals surface area contributed by atoms with E-state index in [9.17, 15) is 0 Å². The molecule has 0 bridgehead atoms. The zero-order valence-corrected chi connectivity index (χ0v) is 11.0. The maximum Gasteiger partial charge on any atom is 0.119 e. The van der Waals surface area contributed by atoms with Crippen molar-refractivity contribution >= 4 is 0 Å². The average Bonchev–Trinajstić information content (AvgIpc) is 2.38. The van der Waals surface area contributed by atoms with Gasteiger partial charge in [0, 0.05) is 0 Å². The Morgan fingerprint density at radius 3 is 3.00 bits per heavy atom. The van der Waals surface area contributed by atoms with Gasteiger partial charge in [0.2, 0.25) is 0 Å². The first-order valence-electron chi connectivity index (χ1n) is 6.70. The van der Waals surface area contributed by atoms with Crippen LogP contribution in [0, 0.1) is 5.92 Å². The van der Waals surface area contributed by atoms with Crippen LogP contribution in [0.3, 0.4) is 0 Å². The smallest absolute Gasteiger partial charge is 0.119 e. The molecule has 2 heteroatoms. The van der Waals surface area contributed by atoms with E-state index in [2.05, 4.69) is 30.4 Å². The molecule has 1 unspecified atom stereocenters. The van der Waals surface area contributed by atoms with Crippen LogP contribution in [0.15, 0.2) is 18.2 Å². The number of ether oxygens (including phenoxy) is 1. The third-order valence-electron chi connectivity index (χ3n) is 3.60. The first-order valence-corrected chi connectivity index (χ1v) is 6.70. The number of hydrogen-bond donors (Lipinski definition) is 1. The molecule has 0 spiro atoms. The lowest BCUT2D eigenvalue weighted by Gasteiger charge is -2.25. The van der Waals surface area contributed by atoms with E-state index >= 15 is 0 Å². The zero-order valence-electron chi connectivity index (χ0n) is 11.0. The fraction of sp³-hybridized carbons (Fsp3) is 0.600. The molecular formula is C15H23NO. The second-order valence-corrected chi connectivity index (χ2v) is 4.95. The van der Waals surface area contributed by atoms with E-state index < -0.39 is 0 Å². The van der Waals surface area contributed by atoms with Crippen LogP contribution < -0.4 is 10.1 Å². The molecule has 1 aliphatic rings. The second-order valence-electron chi connectivity index (χ2n) is 4.95. The molecule has 0 fully saturated rings. The molecule has 2 nitrogen and oxygen atoms in total. The van der Waals surface area contributed by atoms with Gasteiger partial charge in [-0.1, -0.05) is 13.0 Å². The summed E-state index contributed by atoms with van der Waals surface area (Å²) in [6, 6.07) is 6.51. The van der Waals surface area contributed by atoms with Crippen LogP contribution in [0.5, 0.6) is 5.75 Å². The van der Waals surface area contributed by atoms with Gasteiger partial charge in [-0.05, 0) is 68.0 Å². The van der Waals surface area contributed by atoms with Gasteiger partial charge < -0.3 is 10.1 Å². The van der Waals surface area contributed by atoms with Gasteiger partial charge in [-0.25, -0.2) is 0 Å². The third-order valence-corrected chi connectivity index (χ3v) is 3.60. The Morgan fingerprint density at radius 1 is 1.35 bits per heavy atom. The first kappa shape index (κ1) is 12.4. The van der Waals surface area contributed by atoms with Crippen LogP contribution in [-0.2, 0) is 12.8 Å². The molecule has 94 valence electrons. The minimum Gasteiger partial charge on any atom is -0.497 e. The van der Waals surface area contributed by atoms with Gasteiger partial charge in [-0.2, -0.15) is 0 Å². The van der Waals surface area contributed by atoms with Gasteiger partial charge in [0.05, 0.1) is 7.11 Å². The molecule has 1 aromatic rings. The van der Waals surface area contributed by atoms with Crippen molar-refractivity contribution in [2.24, 2.45) is 5.92 Å². The lowest BCUT2D eigenvalue weighted by Crippen LogP contribution is -2.27. The molecular weight excluding hydrogens is 210 g/mol. The third kappa shape index (κ3) is 3.22. The van der Waals surface area contributed by atoms with Crippen molar-refractivity contribution in [3.63, 3.8) is 0 Å². The van der Waals surface area contributed by atoms with Gasteiger partial charge in [-0.15, -0.1) is 0 Å². The Hall–Kier alpha value is -1.02. The van der Waals surface area contributed by atoms with Crippen LogP contribution >= 0.6 is 0 Å². The lowest BCUT2D eigenvalue weighted by molar-refractivity contribution is 0.405. The summed E-state index contributed by atoms with van der Waals surface area (Å²) >= 11 is 0. The van der Waals surface area contributed by atoms with Gasteiger partial charge in [0.25, 0.3) is 0 Å². The summed E-state index contributed by atoms with van der Waals surface area (Å²) < 4.78 is 5.30. The molecule has 1 aromatic carbocycles. The minimum atomic E-state index is 0.793. The van der Waals surface area contributed by atoms with Gasteiger partial charge >= 0.3 is 0 Å². The first-order chi connectivity index (χ1) is 8.33. The van der Waals surface area contributed by atoms with E-state index in [-0.39, 0.29) is 0 Å². The van der Waals surface area contributed by atoms with Crippen LogP contribution in [0.4, 0.5) is 0 Å². The number of rotatable bonds is 5. The Bertz CT molecular complexity index is 362. The summed E-state index contributed by atoms with van der Waals surface area (Å²) in [7, 11) is 1.74. The SMILES string of the molecule is CCCNCC1CCc2ccc(OC)cc2C1. The standard InChI is InChI=1S/C15H23NO/c1-3-8-16-11-12-4-5-13-6-7-15(17-2)10-14(13)9-12/h6-7,10,12,16H,3-5,8-9,11H2,1-2H3. The summed E-state index contributed by atoms with van der Waals surface area (Å²) in [6.45, 7) is 4.51. The molecule has 0 saturated carbocycles. The predicted octanol–water partition coefficient (Wildman–Crippen LogP) is 2.80. The highest BCUT2D eigenvalue weighted by molar-refractivity contribution is 5.37. The van der Waals surface area contributed by atoms with Gasteiger partial charge in [-0.3, -0.25) is 0 Å². The van der Waals surface area contributed by atoms with Crippen molar-refractivity contribution in [1.82, 2.24) is 5.32 Å². The normalized spacial score (nSPS) is 18.8. The van der Waals surface area contributed by atoms with E-state index in [1.54, 1.807) is 7.11 Å². The van der Waals surface area contributed by atoms with Crippen molar-refractivity contribution in [2.75, 3.05) is 20.2 Å². The lowest BCUT2D eigenvalue weighted by atomic mass is 9.84. The van der Waals surface area contributed by atoms with Gasteiger partial charge in [0.1, 0.15) is 5.75 Å². The summed E-state index contributed by atoms with van der Waals surface area (Å²) in [5.41, 5.74) is 3.00. The topological polar surface area (TPSA) is 21.3 Å². The Labute approximate surface area is 104 Å². The molecule has 1 aliphatic carbocycles. The number of hydrogen-bond acceptors (Lipinski definition) is 2.